The first-order valence-corrected chi connectivity index (χ1v) is 9.47. The summed E-state index contributed by atoms with van der Waals surface area (Å²) in [6, 6.07) is 6.47. The van der Waals surface area contributed by atoms with Crippen molar-refractivity contribution in [3.63, 3.8) is 0 Å². The average molecular weight is 418 g/mol. The number of aromatic nitrogens is 4. The fourth-order valence-corrected chi connectivity index (χ4v) is 3.73. The van der Waals surface area contributed by atoms with Crippen LogP contribution in [0, 0.1) is 6.92 Å². The molecule has 0 unspecified atom stereocenters. The van der Waals surface area contributed by atoms with E-state index in [0.29, 0.717) is 0 Å². The van der Waals surface area contributed by atoms with Crippen LogP contribution in [0.1, 0.15) is 45.7 Å². The van der Waals surface area contributed by atoms with E-state index in [2.05, 4.69) is 20.8 Å². The zero-order valence-corrected chi connectivity index (χ0v) is 16.4. The molecular formula is C20H21F3N6O. The molecular weight excluding hydrogens is 397 g/mol. The number of hydrogen-bond donors (Lipinski definition) is 2. The minimum atomic E-state index is -4.49. The SMILES string of the molecule is Cc1nn(C)cc1CNC(=O)c1cnn2c1N[C@H](c1ccccc1)C[C@@H]2C(F)(F)F. The Labute approximate surface area is 170 Å². The number of amides is 1. The summed E-state index contributed by atoms with van der Waals surface area (Å²) in [6.45, 7) is 2.04. The van der Waals surface area contributed by atoms with Crippen LogP contribution in [0.3, 0.4) is 0 Å². The summed E-state index contributed by atoms with van der Waals surface area (Å²) in [6.07, 6.45) is -1.74. The molecule has 158 valence electrons. The van der Waals surface area contributed by atoms with Gasteiger partial charge >= 0.3 is 6.18 Å². The molecule has 0 radical (unpaired) electrons. The number of hydrogen-bond acceptors (Lipinski definition) is 4. The largest absolute Gasteiger partial charge is 0.410 e. The number of aryl methyl sites for hydroxylation is 2. The van der Waals surface area contributed by atoms with Gasteiger partial charge in [-0.3, -0.25) is 9.48 Å². The van der Waals surface area contributed by atoms with Crippen LogP contribution < -0.4 is 10.6 Å². The predicted octanol–water partition coefficient (Wildman–Crippen LogP) is 3.52. The quantitative estimate of drug-likeness (QED) is 0.680. The summed E-state index contributed by atoms with van der Waals surface area (Å²) in [5, 5.41) is 13.9. The minimum absolute atomic E-state index is 0.0674. The molecule has 0 saturated carbocycles. The second-order valence-corrected chi connectivity index (χ2v) is 7.35. The molecule has 2 N–H and O–H groups in total. The highest BCUT2D eigenvalue weighted by Crippen LogP contribution is 2.44. The van der Waals surface area contributed by atoms with Gasteiger partial charge in [0.1, 0.15) is 11.4 Å². The Kier molecular flexibility index (Phi) is 5.00. The van der Waals surface area contributed by atoms with Crippen molar-refractivity contribution in [1.82, 2.24) is 24.9 Å². The van der Waals surface area contributed by atoms with Crippen LogP contribution in [0.15, 0.2) is 42.7 Å². The first-order chi connectivity index (χ1) is 14.2. The molecule has 1 amide bonds. The smallest absolute Gasteiger partial charge is 0.363 e. The normalized spacial score (nSPS) is 18.6. The number of anilines is 1. The van der Waals surface area contributed by atoms with E-state index in [1.54, 1.807) is 48.3 Å². The van der Waals surface area contributed by atoms with Crippen molar-refractivity contribution >= 4 is 11.7 Å². The van der Waals surface area contributed by atoms with Crippen molar-refractivity contribution in [2.75, 3.05) is 5.32 Å². The zero-order chi connectivity index (χ0) is 21.5. The van der Waals surface area contributed by atoms with Gasteiger partial charge in [0.25, 0.3) is 5.91 Å². The molecule has 0 aliphatic carbocycles. The van der Waals surface area contributed by atoms with Gasteiger partial charge in [-0.25, -0.2) is 4.68 Å². The summed E-state index contributed by atoms with van der Waals surface area (Å²) in [7, 11) is 1.78. The molecule has 3 heterocycles. The summed E-state index contributed by atoms with van der Waals surface area (Å²) in [5.41, 5.74) is 2.40. The number of alkyl halides is 3. The van der Waals surface area contributed by atoms with E-state index in [9.17, 15) is 18.0 Å². The van der Waals surface area contributed by atoms with Crippen LogP contribution >= 0.6 is 0 Å². The molecule has 4 rings (SSSR count). The zero-order valence-electron chi connectivity index (χ0n) is 16.4. The molecule has 0 spiro atoms. The van der Waals surface area contributed by atoms with Crippen molar-refractivity contribution < 1.29 is 18.0 Å². The number of benzene rings is 1. The molecule has 2 atom stereocenters. The topological polar surface area (TPSA) is 76.8 Å². The number of halogens is 3. The van der Waals surface area contributed by atoms with Gasteiger partial charge in [-0.2, -0.15) is 23.4 Å². The Bertz CT molecular complexity index is 1060. The van der Waals surface area contributed by atoms with E-state index in [4.69, 9.17) is 0 Å². The molecule has 2 aromatic heterocycles. The van der Waals surface area contributed by atoms with Crippen LogP contribution in [0.2, 0.25) is 0 Å². The third kappa shape index (κ3) is 3.77. The Morgan fingerprint density at radius 3 is 2.67 bits per heavy atom. The van der Waals surface area contributed by atoms with Gasteiger partial charge in [0.2, 0.25) is 0 Å². The van der Waals surface area contributed by atoms with Crippen LogP contribution in [0.4, 0.5) is 19.0 Å². The van der Waals surface area contributed by atoms with Crippen molar-refractivity contribution in [3.8, 4) is 0 Å². The van der Waals surface area contributed by atoms with E-state index in [0.717, 1.165) is 21.5 Å². The van der Waals surface area contributed by atoms with Crippen molar-refractivity contribution in [1.29, 1.82) is 0 Å². The monoisotopic (exact) mass is 418 g/mol. The van der Waals surface area contributed by atoms with Crippen molar-refractivity contribution in [3.05, 3.63) is 65.1 Å². The lowest BCUT2D eigenvalue weighted by atomic mass is 9.96. The maximum atomic E-state index is 13.7. The third-order valence-corrected chi connectivity index (χ3v) is 5.24. The Morgan fingerprint density at radius 1 is 1.30 bits per heavy atom. The molecule has 1 aromatic carbocycles. The molecule has 30 heavy (non-hydrogen) atoms. The second-order valence-electron chi connectivity index (χ2n) is 7.35. The van der Waals surface area contributed by atoms with Gasteiger partial charge < -0.3 is 10.6 Å². The van der Waals surface area contributed by atoms with Gasteiger partial charge in [0, 0.05) is 31.8 Å². The van der Waals surface area contributed by atoms with E-state index < -0.39 is 24.2 Å². The standard InChI is InChI=1S/C20H21F3N6O/c1-12-14(11-28(2)27-12)9-24-19(30)15-10-25-29-17(20(21,22)23)8-16(26-18(15)29)13-6-4-3-5-7-13/h3-7,10-11,16-17,26H,8-9H2,1-2H3,(H,24,30)/t16-,17+/m0/s1. The molecule has 7 nitrogen and oxygen atoms in total. The lowest BCUT2D eigenvalue weighted by molar-refractivity contribution is -0.173. The molecule has 3 aromatic rings. The highest BCUT2D eigenvalue weighted by Gasteiger charge is 2.47. The number of nitrogens with zero attached hydrogens (tertiary/aromatic N) is 4. The minimum Gasteiger partial charge on any atom is -0.363 e. The highest BCUT2D eigenvalue weighted by atomic mass is 19.4. The molecule has 0 saturated heterocycles. The lowest BCUT2D eigenvalue weighted by Crippen LogP contribution is -2.36. The maximum Gasteiger partial charge on any atom is 0.410 e. The molecule has 0 bridgehead atoms. The number of nitrogens with one attached hydrogen (secondary N) is 2. The molecule has 10 heteroatoms. The first kappa shape index (κ1) is 20.0. The van der Waals surface area contributed by atoms with Gasteiger partial charge in [-0.05, 0) is 12.5 Å². The van der Waals surface area contributed by atoms with Gasteiger partial charge in [-0.1, -0.05) is 30.3 Å². The summed E-state index contributed by atoms with van der Waals surface area (Å²) < 4.78 is 43.7. The number of fused-ring (bicyclic) bond motifs is 1. The molecule has 1 aliphatic heterocycles. The number of carbonyl (C=O) groups is 1. The summed E-state index contributed by atoms with van der Waals surface area (Å²) >= 11 is 0. The van der Waals surface area contributed by atoms with E-state index in [1.807, 2.05) is 6.92 Å². The second kappa shape index (κ2) is 7.51. The highest BCUT2D eigenvalue weighted by molar-refractivity contribution is 5.98. The van der Waals surface area contributed by atoms with E-state index in [-0.39, 0.29) is 24.3 Å². The lowest BCUT2D eigenvalue weighted by Gasteiger charge is -2.34. The van der Waals surface area contributed by atoms with Gasteiger partial charge in [0.05, 0.1) is 17.9 Å². The van der Waals surface area contributed by atoms with Gasteiger partial charge in [0.15, 0.2) is 6.04 Å². The summed E-state index contributed by atoms with van der Waals surface area (Å²) in [5.74, 6) is -0.431. The maximum absolute atomic E-state index is 13.7. The van der Waals surface area contributed by atoms with Crippen LogP contribution in [-0.4, -0.2) is 31.6 Å². The summed E-state index contributed by atoms with van der Waals surface area (Å²) in [4.78, 5) is 12.8. The first-order valence-electron chi connectivity index (χ1n) is 9.47. The van der Waals surface area contributed by atoms with Crippen LogP contribution in [0.5, 0.6) is 0 Å². The Morgan fingerprint density at radius 2 is 2.03 bits per heavy atom. The van der Waals surface area contributed by atoms with E-state index in [1.165, 1.54) is 6.20 Å². The number of carbonyl (C=O) groups excluding carboxylic acids is 1. The van der Waals surface area contributed by atoms with Gasteiger partial charge in [-0.15, -0.1) is 0 Å². The van der Waals surface area contributed by atoms with Crippen LogP contribution in [0.25, 0.3) is 0 Å². The molecule has 1 aliphatic rings. The average Bonchev–Trinajstić information content (AvgIpc) is 3.27. The van der Waals surface area contributed by atoms with E-state index >= 15 is 0 Å². The van der Waals surface area contributed by atoms with Crippen LogP contribution in [-0.2, 0) is 13.6 Å². The number of rotatable bonds is 4. The predicted molar refractivity (Wildman–Crippen MR) is 104 cm³/mol. The fourth-order valence-electron chi connectivity index (χ4n) is 3.73. The molecule has 0 fully saturated rings. The Balaban J connectivity index is 1.62. The fraction of sp³-hybridized carbons (Fsp3) is 0.350. The third-order valence-electron chi connectivity index (χ3n) is 5.24. The Hall–Kier alpha value is -3.30. The van der Waals surface area contributed by atoms with Crippen molar-refractivity contribution in [2.24, 2.45) is 7.05 Å². The van der Waals surface area contributed by atoms with Crippen molar-refractivity contribution in [2.45, 2.75) is 38.1 Å².